The molecule has 2 aromatic carbocycles. The van der Waals surface area contributed by atoms with Crippen molar-refractivity contribution in [1.29, 1.82) is 0 Å². The number of benzene rings is 2. The molecular weight excluding hydrogens is 440 g/mol. The fourth-order valence-electron chi connectivity index (χ4n) is 4.22. The summed E-state index contributed by atoms with van der Waals surface area (Å²) in [4.78, 5) is 23.4. The molecule has 0 saturated carbocycles. The fourth-order valence-corrected chi connectivity index (χ4v) is 5.56. The zero-order valence-electron chi connectivity index (χ0n) is 19.1. The molecule has 1 aromatic heterocycles. The molecule has 1 saturated heterocycles. The van der Waals surface area contributed by atoms with Gasteiger partial charge >= 0.3 is 0 Å². The van der Waals surface area contributed by atoms with Crippen molar-refractivity contribution < 1.29 is 17.9 Å². The zero-order valence-corrected chi connectivity index (χ0v) is 19.9. The minimum absolute atomic E-state index is 0.0844. The molecule has 0 bridgehead atoms. The van der Waals surface area contributed by atoms with Gasteiger partial charge in [-0.3, -0.25) is 4.79 Å². The summed E-state index contributed by atoms with van der Waals surface area (Å²) >= 11 is 0. The third-order valence-corrected chi connectivity index (χ3v) is 7.57. The number of nitrogens with one attached hydrogen (secondary N) is 2. The number of para-hydroxylation sites is 2. The van der Waals surface area contributed by atoms with E-state index in [1.54, 1.807) is 17.0 Å². The summed E-state index contributed by atoms with van der Waals surface area (Å²) in [6.07, 6.45) is 1.76. The third-order valence-electron chi connectivity index (χ3n) is 6.11. The first kappa shape index (κ1) is 23.3. The largest absolute Gasteiger partial charge is 0.497 e. The van der Waals surface area contributed by atoms with Crippen molar-refractivity contribution in [3.05, 3.63) is 54.4 Å². The number of amides is 1. The van der Waals surface area contributed by atoms with E-state index in [2.05, 4.69) is 9.71 Å². The van der Waals surface area contributed by atoms with E-state index in [9.17, 15) is 13.2 Å². The Balaban J connectivity index is 1.50. The molecule has 3 aromatic rings. The number of hydrogen-bond donors (Lipinski definition) is 2. The lowest BCUT2D eigenvalue weighted by molar-refractivity contribution is -0.135. The van der Waals surface area contributed by atoms with Crippen molar-refractivity contribution in [2.45, 2.75) is 43.5 Å². The van der Waals surface area contributed by atoms with Gasteiger partial charge in [-0.2, -0.15) is 4.72 Å². The molecule has 0 aliphatic carbocycles. The minimum Gasteiger partial charge on any atom is -0.497 e. The predicted molar refractivity (Wildman–Crippen MR) is 127 cm³/mol. The van der Waals surface area contributed by atoms with Gasteiger partial charge in [-0.15, -0.1) is 0 Å². The first-order valence-electron chi connectivity index (χ1n) is 11.2. The lowest BCUT2D eigenvalue weighted by Crippen LogP contribution is -2.53. The highest BCUT2D eigenvalue weighted by molar-refractivity contribution is 7.89. The molecule has 1 aliphatic rings. The van der Waals surface area contributed by atoms with Crippen LogP contribution in [0.15, 0.2) is 53.4 Å². The molecule has 176 valence electrons. The van der Waals surface area contributed by atoms with E-state index >= 15 is 0 Å². The van der Waals surface area contributed by atoms with E-state index in [-0.39, 0.29) is 22.6 Å². The average Bonchev–Trinajstić information content (AvgIpc) is 3.26. The Bertz CT molecular complexity index is 1190. The Morgan fingerprint density at radius 2 is 1.91 bits per heavy atom. The van der Waals surface area contributed by atoms with Crippen LogP contribution in [0.2, 0.25) is 0 Å². The van der Waals surface area contributed by atoms with Crippen molar-refractivity contribution in [2.24, 2.45) is 5.92 Å². The highest BCUT2D eigenvalue weighted by Crippen LogP contribution is 2.28. The summed E-state index contributed by atoms with van der Waals surface area (Å²) in [6, 6.07) is 13.1. The monoisotopic (exact) mass is 470 g/mol. The normalized spacial score (nSPS) is 17.9. The fraction of sp³-hybridized carbons (Fsp3) is 0.417. The quantitative estimate of drug-likeness (QED) is 0.551. The molecule has 4 rings (SSSR count). The van der Waals surface area contributed by atoms with Crippen molar-refractivity contribution in [3.8, 4) is 5.75 Å². The van der Waals surface area contributed by atoms with E-state index in [0.717, 1.165) is 29.7 Å². The number of H-pyrrole nitrogens is 1. The second-order valence-corrected chi connectivity index (χ2v) is 10.5. The van der Waals surface area contributed by atoms with Gasteiger partial charge in [0.15, 0.2) is 0 Å². The molecule has 1 aliphatic heterocycles. The molecule has 33 heavy (non-hydrogen) atoms. The summed E-state index contributed by atoms with van der Waals surface area (Å²) < 4.78 is 33.7. The second kappa shape index (κ2) is 9.52. The Morgan fingerprint density at radius 3 is 2.58 bits per heavy atom. The lowest BCUT2D eigenvalue weighted by Gasteiger charge is -2.35. The topological polar surface area (TPSA) is 104 Å². The SMILES string of the molecule is COc1ccc(S(=O)(=O)N[C@H](C(=O)N2CCCC(c3nc4ccccc4[nH]3)C2)C(C)C)cc1. The van der Waals surface area contributed by atoms with Gasteiger partial charge in [-0.1, -0.05) is 26.0 Å². The van der Waals surface area contributed by atoms with Gasteiger partial charge in [0.25, 0.3) is 0 Å². The first-order valence-corrected chi connectivity index (χ1v) is 12.7. The molecule has 9 heteroatoms. The number of carbonyl (C=O) groups excluding carboxylic acids is 1. The van der Waals surface area contributed by atoms with E-state index < -0.39 is 16.1 Å². The number of carbonyl (C=O) groups is 1. The second-order valence-electron chi connectivity index (χ2n) is 8.78. The van der Waals surface area contributed by atoms with Gasteiger partial charge in [0, 0.05) is 19.0 Å². The minimum atomic E-state index is -3.87. The van der Waals surface area contributed by atoms with Crippen molar-refractivity contribution in [2.75, 3.05) is 20.2 Å². The number of imidazole rings is 1. The van der Waals surface area contributed by atoms with Crippen molar-refractivity contribution >= 4 is 27.0 Å². The summed E-state index contributed by atoms with van der Waals surface area (Å²) in [5.41, 5.74) is 1.88. The number of piperidine rings is 1. The van der Waals surface area contributed by atoms with Crippen LogP contribution in [0.25, 0.3) is 11.0 Å². The Morgan fingerprint density at radius 1 is 1.18 bits per heavy atom. The van der Waals surface area contributed by atoms with Gasteiger partial charge in [-0.25, -0.2) is 13.4 Å². The molecule has 0 spiro atoms. The standard InChI is InChI=1S/C24H30N4O4S/c1-16(2)22(27-33(30,31)19-12-10-18(32-3)11-13-19)24(29)28-14-6-7-17(15-28)23-25-20-8-4-5-9-21(20)26-23/h4-5,8-13,16-17,22,27H,6-7,14-15H2,1-3H3,(H,25,26)/t17?,22-/m0/s1. The molecule has 1 fully saturated rings. The predicted octanol–water partition coefficient (Wildman–Crippen LogP) is 3.28. The summed E-state index contributed by atoms with van der Waals surface area (Å²) in [5.74, 6) is 1.10. The average molecular weight is 471 g/mol. The van der Waals surface area contributed by atoms with Gasteiger partial charge in [0.05, 0.1) is 23.0 Å². The number of methoxy groups -OCH3 is 1. The summed E-state index contributed by atoms with van der Waals surface area (Å²) in [5, 5.41) is 0. The highest BCUT2D eigenvalue weighted by Gasteiger charge is 2.34. The third kappa shape index (κ3) is 5.04. The van der Waals surface area contributed by atoms with Gasteiger partial charge in [0.1, 0.15) is 17.6 Å². The maximum absolute atomic E-state index is 13.4. The van der Waals surface area contributed by atoms with Crippen molar-refractivity contribution in [1.82, 2.24) is 19.6 Å². The smallest absolute Gasteiger partial charge is 0.241 e. The molecule has 8 nitrogen and oxygen atoms in total. The van der Waals surface area contributed by atoms with Crippen LogP contribution in [0.3, 0.4) is 0 Å². The van der Waals surface area contributed by atoms with Crippen LogP contribution >= 0.6 is 0 Å². The van der Waals surface area contributed by atoms with Crippen LogP contribution in [0, 0.1) is 5.92 Å². The molecule has 2 N–H and O–H groups in total. The van der Waals surface area contributed by atoms with Crippen LogP contribution in [-0.4, -0.2) is 55.4 Å². The van der Waals surface area contributed by atoms with E-state index in [4.69, 9.17) is 9.72 Å². The Hall–Kier alpha value is -2.91. The molecule has 1 amide bonds. The highest BCUT2D eigenvalue weighted by atomic mass is 32.2. The number of aromatic nitrogens is 2. The van der Waals surface area contributed by atoms with E-state index in [1.807, 2.05) is 38.1 Å². The maximum atomic E-state index is 13.4. The lowest BCUT2D eigenvalue weighted by atomic mass is 9.95. The van der Waals surface area contributed by atoms with Crippen LogP contribution in [-0.2, 0) is 14.8 Å². The zero-order chi connectivity index (χ0) is 23.6. The molecule has 0 radical (unpaired) electrons. The number of ether oxygens (including phenoxy) is 1. The van der Waals surface area contributed by atoms with Gasteiger partial charge < -0.3 is 14.6 Å². The van der Waals surface area contributed by atoms with Gasteiger partial charge in [-0.05, 0) is 55.2 Å². The molecule has 2 heterocycles. The summed E-state index contributed by atoms with van der Waals surface area (Å²) in [7, 11) is -2.35. The number of fused-ring (bicyclic) bond motifs is 1. The van der Waals surface area contributed by atoms with Gasteiger partial charge in [0.2, 0.25) is 15.9 Å². The number of rotatable bonds is 7. The first-order chi connectivity index (χ1) is 15.8. The van der Waals surface area contributed by atoms with Crippen LogP contribution in [0.4, 0.5) is 0 Å². The van der Waals surface area contributed by atoms with Crippen LogP contribution in [0.5, 0.6) is 5.75 Å². The van der Waals surface area contributed by atoms with Crippen LogP contribution < -0.4 is 9.46 Å². The molecule has 2 atom stereocenters. The molecular formula is C24H30N4O4S. The number of aromatic amines is 1. The number of hydrogen-bond acceptors (Lipinski definition) is 5. The molecule has 1 unspecified atom stereocenters. The Labute approximate surface area is 194 Å². The Kier molecular flexibility index (Phi) is 6.71. The number of sulfonamides is 1. The van der Waals surface area contributed by atoms with Crippen LogP contribution in [0.1, 0.15) is 38.4 Å². The van der Waals surface area contributed by atoms with E-state index in [0.29, 0.717) is 18.8 Å². The van der Waals surface area contributed by atoms with E-state index in [1.165, 1.54) is 19.2 Å². The maximum Gasteiger partial charge on any atom is 0.241 e. The summed E-state index contributed by atoms with van der Waals surface area (Å²) in [6.45, 7) is 4.80. The number of likely N-dealkylation sites (tertiary alicyclic amines) is 1. The number of nitrogens with zero attached hydrogens (tertiary/aromatic N) is 2. The van der Waals surface area contributed by atoms with Crippen molar-refractivity contribution in [3.63, 3.8) is 0 Å².